The molecule has 7 nitrogen and oxygen atoms in total. The zero-order valence-electron chi connectivity index (χ0n) is 15.9. The molecule has 0 saturated carbocycles. The van der Waals surface area contributed by atoms with Crippen LogP contribution in [0, 0.1) is 0 Å². The van der Waals surface area contributed by atoms with Gasteiger partial charge >= 0.3 is 5.97 Å². The van der Waals surface area contributed by atoms with Crippen LogP contribution in [0.15, 0.2) is 24.3 Å². The highest BCUT2D eigenvalue weighted by Crippen LogP contribution is 2.11. The molecule has 0 spiro atoms. The van der Waals surface area contributed by atoms with Crippen LogP contribution in [0.2, 0.25) is 0 Å². The lowest BCUT2D eigenvalue weighted by atomic mass is 10.2. The van der Waals surface area contributed by atoms with E-state index in [-0.39, 0.29) is 11.2 Å². The van der Waals surface area contributed by atoms with Crippen LogP contribution in [-0.4, -0.2) is 69.5 Å². The Kier molecular flexibility index (Phi) is 10.9. The maximum absolute atomic E-state index is 10.7. The number of carbonyl (C=O) groups is 1. The van der Waals surface area contributed by atoms with E-state index in [4.69, 9.17) is 28.8 Å². The number of rotatable bonds is 14. The number of hydrogen-bond acceptors (Lipinski definition) is 6. The second-order valence-electron chi connectivity index (χ2n) is 6.48. The lowest BCUT2D eigenvalue weighted by Gasteiger charge is -2.19. The lowest BCUT2D eigenvalue weighted by molar-refractivity contribution is -0.0453. The summed E-state index contributed by atoms with van der Waals surface area (Å²) in [5, 5.41) is 8.81. The first-order valence-electron chi connectivity index (χ1n) is 8.72. The average Bonchev–Trinajstić information content (AvgIpc) is 2.58. The zero-order valence-corrected chi connectivity index (χ0v) is 15.9. The minimum Gasteiger partial charge on any atom is -0.491 e. The second kappa shape index (κ2) is 12.6. The van der Waals surface area contributed by atoms with Crippen molar-refractivity contribution in [1.82, 2.24) is 0 Å². The van der Waals surface area contributed by atoms with Gasteiger partial charge in [-0.25, -0.2) is 4.79 Å². The van der Waals surface area contributed by atoms with Gasteiger partial charge in [0.1, 0.15) is 12.4 Å². The van der Waals surface area contributed by atoms with E-state index in [2.05, 4.69) is 0 Å². The van der Waals surface area contributed by atoms with Crippen molar-refractivity contribution in [1.29, 1.82) is 0 Å². The number of ether oxygens (including phenoxy) is 5. The number of aromatic carboxylic acids is 1. The van der Waals surface area contributed by atoms with Gasteiger partial charge in [-0.3, -0.25) is 0 Å². The van der Waals surface area contributed by atoms with Crippen LogP contribution in [-0.2, 0) is 18.9 Å². The quantitative estimate of drug-likeness (QED) is 0.504. The summed E-state index contributed by atoms with van der Waals surface area (Å²) in [5.74, 6) is -0.342. The highest BCUT2D eigenvalue weighted by atomic mass is 16.6. The van der Waals surface area contributed by atoms with Crippen molar-refractivity contribution in [3.8, 4) is 5.75 Å². The largest absolute Gasteiger partial charge is 0.491 e. The summed E-state index contributed by atoms with van der Waals surface area (Å²) in [6.07, 6.45) is 0. The van der Waals surface area contributed by atoms with E-state index in [9.17, 15) is 4.79 Å². The Morgan fingerprint density at radius 3 is 1.73 bits per heavy atom. The second-order valence-corrected chi connectivity index (χ2v) is 6.48. The summed E-state index contributed by atoms with van der Waals surface area (Å²) in [6.45, 7) is 10.0. The van der Waals surface area contributed by atoms with Gasteiger partial charge in [0.25, 0.3) is 0 Å². The minimum absolute atomic E-state index is 0.136. The summed E-state index contributed by atoms with van der Waals surface area (Å²) in [7, 11) is 0. The Balaban J connectivity index is 1.87. The lowest BCUT2D eigenvalue weighted by Crippen LogP contribution is -2.22. The predicted molar refractivity (Wildman–Crippen MR) is 97.1 cm³/mol. The summed E-state index contributed by atoms with van der Waals surface area (Å²) in [6, 6.07) is 6.26. The normalized spacial score (nSPS) is 11.5. The van der Waals surface area contributed by atoms with E-state index in [0.717, 1.165) is 0 Å². The van der Waals surface area contributed by atoms with E-state index < -0.39 is 5.97 Å². The van der Waals surface area contributed by atoms with Gasteiger partial charge in [-0.2, -0.15) is 0 Å². The topological polar surface area (TPSA) is 83.5 Å². The molecule has 0 atom stereocenters. The molecule has 0 aliphatic carbocycles. The minimum atomic E-state index is -0.955. The van der Waals surface area contributed by atoms with E-state index in [1.807, 2.05) is 20.8 Å². The maximum atomic E-state index is 10.7. The summed E-state index contributed by atoms with van der Waals surface area (Å²) in [5.41, 5.74) is 0.0968. The molecule has 0 bridgehead atoms. The molecule has 1 N–H and O–H groups in total. The van der Waals surface area contributed by atoms with Crippen LogP contribution in [0.1, 0.15) is 31.1 Å². The molecule has 0 unspecified atom stereocenters. The highest BCUT2D eigenvalue weighted by Gasteiger charge is 2.08. The van der Waals surface area contributed by atoms with E-state index in [0.29, 0.717) is 58.6 Å². The Bertz CT molecular complexity index is 494. The monoisotopic (exact) mass is 370 g/mol. The SMILES string of the molecule is CC(C)(C)OCCOCCOCCOCCOc1ccc(C(=O)O)cc1. The smallest absolute Gasteiger partial charge is 0.335 e. The van der Waals surface area contributed by atoms with Gasteiger partial charge in [-0.1, -0.05) is 0 Å². The Hall–Kier alpha value is -1.67. The maximum Gasteiger partial charge on any atom is 0.335 e. The summed E-state index contributed by atoms with van der Waals surface area (Å²) in [4.78, 5) is 10.7. The molecule has 7 heteroatoms. The van der Waals surface area contributed by atoms with Gasteiger partial charge in [-0.05, 0) is 45.0 Å². The standard InChI is InChI=1S/C19H30O7/c1-19(2,3)26-15-13-24-11-9-22-8-10-23-12-14-25-17-6-4-16(5-7-17)18(20)21/h4-7H,8-15H2,1-3H3,(H,20,21). The van der Waals surface area contributed by atoms with E-state index in [1.54, 1.807) is 12.1 Å². The number of carboxylic acids is 1. The molecule has 26 heavy (non-hydrogen) atoms. The molecular formula is C19H30O7. The van der Waals surface area contributed by atoms with Gasteiger partial charge in [0.2, 0.25) is 0 Å². The molecule has 0 radical (unpaired) electrons. The third-order valence-electron chi connectivity index (χ3n) is 3.10. The van der Waals surface area contributed by atoms with Crippen LogP contribution < -0.4 is 4.74 Å². The summed E-state index contributed by atoms with van der Waals surface area (Å²) < 4.78 is 27.2. The van der Waals surface area contributed by atoms with E-state index >= 15 is 0 Å². The number of hydrogen-bond donors (Lipinski definition) is 1. The molecule has 0 aromatic heterocycles. The van der Waals surface area contributed by atoms with Crippen molar-refractivity contribution in [2.75, 3.05) is 52.9 Å². The van der Waals surface area contributed by atoms with Gasteiger partial charge < -0.3 is 28.8 Å². The number of carboxylic acid groups (broad SMARTS) is 1. The van der Waals surface area contributed by atoms with Gasteiger partial charge in [-0.15, -0.1) is 0 Å². The molecule has 0 saturated heterocycles. The highest BCUT2D eigenvalue weighted by molar-refractivity contribution is 5.87. The van der Waals surface area contributed by atoms with E-state index in [1.165, 1.54) is 12.1 Å². The number of benzene rings is 1. The first-order valence-corrected chi connectivity index (χ1v) is 8.72. The average molecular weight is 370 g/mol. The molecule has 1 aromatic rings. The molecule has 1 rings (SSSR count). The molecular weight excluding hydrogens is 340 g/mol. The molecule has 0 fully saturated rings. The fourth-order valence-corrected chi connectivity index (χ4v) is 1.86. The first-order chi connectivity index (χ1) is 12.4. The van der Waals surface area contributed by atoms with Crippen molar-refractivity contribution >= 4 is 5.97 Å². The van der Waals surface area contributed by atoms with Crippen LogP contribution >= 0.6 is 0 Å². The Morgan fingerprint density at radius 2 is 1.27 bits per heavy atom. The first kappa shape index (κ1) is 22.4. The Labute approximate surface area is 155 Å². The van der Waals surface area contributed by atoms with Crippen molar-refractivity contribution in [2.24, 2.45) is 0 Å². The van der Waals surface area contributed by atoms with Gasteiger partial charge in [0, 0.05) is 0 Å². The summed E-state index contributed by atoms with van der Waals surface area (Å²) >= 11 is 0. The van der Waals surface area contributed by atoms with Crippen LogP contribution in [0.5, 0.6) is 5.75 Å². The fraction of sp³-hybridized carbons (Fsp3) is 0.632. The molecule has 0 amide bonds. The molecule has 0 heterocycles. The third kappa shape index (κ3) is 11.8. The van der Waals surface area contributed by atoms with Crippen molar-refractivity contribution in [3.63, 3.8) is 0 Å². The van der Waals surface area contributed by atoms with Crippen LogP contribution in [0.3, 0.4) is 0 Å². The van der Waals surface area contributed by atoms with Crippen molar-refractivity contribution in [2.45, 2.75) is 26.4 Å². The third-order valence-corrected chi connectivity index (χ3v) is 3.10. The Morgan fingerprint density at radius 1 is 0.808 bits per heavy atom. The van der Waals surface area contributed by atoms with Crippen molar-refractivity contribution in [3.05, 3.63) is 29.8 Å². The van der Waals surface area contributed by atoms with Crippen LogP contribution in [0.4, 0.5) is 0 Å². The molecule has 1 aromatic carbocycles. The molecule has 148 valence electrons. The molecule has 0 aliphatic rings. The molecule has 0 aliphatic heterocycles. The fourth-order valence-electron chi connectivity index (χ4n) is 1.86. The van der Waals surface area contributed by atoms with Crippen molar-refractivity contribution < 1.29 is 33.6 Å². The van der Waals surface area contributed by atoms with Crippen LogP contribution in [0.25, 0.3) is 0 Å². The van der Waals surface area contributed by atoms with Gasteiger partial charge in [0.05, 0.1) is 57.4 Å². The predicted octanol–water partition coefficient (Wildman–Crippen LogP) is 2.63. The zero-order chi connectivity index (χ0) is 19.3. The van der Waals surface area contributed by atoms with Gasteiger partial charge in [0.15, 0.2) is 0 Å².